The van der Waals surface area contributed by atoms with Crippen LogP contribution in [0.25, 0.3) is 0 Å². The van der Waals surface area contributed by atoms with Crippen LogP contribution in [-0.4, -0.2) is 22.4 Å². The number of para-hydroxylation sites is 1. The second-order valence-electron chi connectivity index (χ2n) is 4.94. The number of aryl methyl sites for hydroxylation is 2. The number of carbonyl (C=O) groups is 1. The van der Waals surface area contributed by atoms with Gasteiger partial charge in [-0.25, -0.2) is 9.97 Å². The second kappa shape index (κ2) is 6.83. The number of benzene rings is 1. The number of nitrogens with one attached hydrogen (secondary N) is 2. The Morgan fingerprint density at radius 3 is 2.57 bits per heavy atom. The molecule has 0 atom stereocenters. The van der Waals surface area contributed by atoms with Crippen molar-refractivity contribution >= 4 is 17.4 Å². The fraction of sp³-hybridized carbons (Fsp3) is 0.312. The average Bonchev–Trinajstić information content (AvgIpc) is 2.49. The molecule has 0 aliphatic carbocycles. The Labute approximate surface area is 124 Å². The molecule has 1 amide bonds. The summed E-state index contributed by atoms with van der Waals surface area (Å²) >= 11 is 0. The molecule has 21 heavy (non-hydrogen) atoms. The summed E-state index contributed by atoms with van der Waals surface area (Å²) in [6, 6.07) is 7.57. The van der Waals surface area contributed by atoms with Gasteiger partial charge in [-0.1, -0.05) is 25.1 Å². The molecular formula is C16H20N4O. The molecular weight excluding hydrogens is 264 g/mol. The van der Waals surface area contributed by atoms with Crippen molar-refractivity contribution in [3.8, 4) is 0 Å². The minimum Gasteiger partial charge on any atom is -0.370 e. The van der Waals surface area contributed by atoms with Gasteiger partial charge in [0.05, 0.1) is 0 Å². The Hall–Kier alpha value is -2.43. The summed E-state index contributed by atoms with van der Waals surface area (Å²) in [5.74, 6) is 0.438. The highest BCUT2D eigenvalue weighted by Gasteiger charge is 2.11. The first kappa shape index (κ1) is 15.0. The fourth-order valence-electron chi connectivity index (χ4n) is 2.02. The lowest BCUT2D eigenvalue weighted by atomic mass is 10.1. The molecule has 0 saturated heterocycles. The predicted molar refractivity (Wildman–Crippen MR) is 84.7 cm³/mol. The first-order valence-corrected chi connectivity index (χ1v) is 7.05. The Kier molecular flexibility index (Phi) is 4.87. The lowest BCUT2D eigenvalue weighted by molar-refractivity contribution is 0.102. The van der Waals surface area contributed by atoms with Crippen LogP contribution in [0.3, 0.4) is 0 Å². The minimum absolute atomic E-state index is 0.227. The zero-order valence-corrected chi connectivity index (χ0v) is 12.6. The van der Waals surface area contributed by atoms with E-state index in [0.717, 1.165) is 29.8 Å². The minimum atomic E-state index is -0.227. The van der Waals surface area contributed by atoms with Gasteiger partial charge in [0.2, 0.25) is 0 Å². The van der Waals surface area contributed by atoms with Crippen LogP contribution in [0.4, 0.5) is 11.5 Å². The molecule has 0 unspecified atom stereocenters. The maximum absolute atomic E-state index is 12.3. The van der Waals surface area contributed by atoms with Crippen molar-refractivity contribution in [2.45, 2.75) is 27.2 Å². The summed E-state index contributed by atoms with van der Waals surface area (Å²) in [4.78, 5) is 20.5. The summed E-state index contributed by atoms with van der Waals surface area (Å²) in [7, 11) is 0. The van der Waals surface area contributed by atoms with Crippen LogP contribution in [0.5, 0.6) is 0 Å². The third-order valence-corrected chi connectivity index (χ3v) is 3.18. The fourth-order valence-corrected chi connectivity index (χ4v) is 2.02. The van der Waals surface area contributed by atoms with Crippen LogP contribution in [0.1, 0.15) is 35.0 Å². The monoisotopic (exact) mass is 284 g/mol. The van der Waals surface area contributed by atoms with E-state index in [1.165, 1.54) is 6.33 Å². The highest BCUT2D eigenvalue weighted by molar-refractivity contribution is 6.04. The zero-order chi connectivity index (χ0) is 15.2. The quantitative estimate of drug-likeness (QED) is 0.885. The SMILES string of the molecule is CCCNc1cc(C(=O)Nc2c(C)cccc2C)ncn1. The van der Waals surface area contributed by atoms with E-state index in [2.05, 4.69) is 27.5 Å². The molecule has 0 spiro atoms. The summed E-state index contributed by atoms with van der Waals surface area (Å²) in [5.41, 5.74) is 3.25. The number of rotatable bonds is 5. The van der Waals surface area contributed by atoms with Gasteiger partial charge < -0.3 is 10.6 Å². The van der Waals surface area contributed by atoms with E-state index in [9.17, 15) is 4.79 Å². The number of hydrogen-bond donors (Lipinski definition) is 2. The number of aromatic nitrogens is 2. The molecule has 110 valence electrons. The van der Waals surface area contributed by atoms with Crippen LogP contribution in [-0.2, 0) is 0 Å². The van der Waals surface area contributed by atoms with E-state index in [1.54, 1.807) is 6.07 Å². The van der Waals surface area contributed by atoms with E-state index in [-0.39, 0.29) is 5.91 Å². The maximum Gasteiger partial charge on any atom is 0.274 e. The summed E-state index contributed by atoms with van der Waals surface area (Å²) in [6.07, 6.45) is 2.39. The van der Waals surface area contributed by atoms with Gasteiger partial charge in [-0.15, -0.1) is 0 Å². The van der Waals surface area contributed by atoms with Gasteiger partial charge in [0.15, 0.2) is 0 Å². The Balaban J connectivity index is 2.17. The highest BCUT2D eigenvalue weighted by atomic mass is 16.1. The number of hydrogen-bond acceptors (Lipinski definition) is 4. The highest BCUT2D eigenvalue weighted by Crippen LogP contribution is 2.20. The van der Waals surface area contributed by atoms with Crippen molar-refractivity contribution in [2.24, 2.45) is 0 Å². The Bertz CT molecular complexity index is 620. The molecule has 0 aliphatic rings. The van der Waals surface area contributed by atoms with Gasteiger partial charge in [-0.2, -0.15) is 0 Å². The van der Waals surface area contributed by atoms with Crippen LogP contribution < -0.4 is 10.6 Å². The number of anilines is 2. The molecule has 0 radical (unpaired) electrons. The number of nitrogens with zero attached hydrogens (tertiary/aromatic N) is 2. The molecule has 1 aromatic heterocycles. The molecule has 1 heterocycles. The van der Waals surface area contributed by atoms with Crippen LogP contribution in [0.15, 0.2) is 30.6 Å². The zero-order valence-electron chi connectivity index (χ0n) is 12.6. The first-order chi connectivity index (χ1) is 10.1. The van der Waals surface area contributed by atoms with Crippen molar-refractivity contribution in [1.82, 2.24) is 9.97 Å². The molecule has 2 N–H and O–H groups in total. The number of carbonyl (C=O) groups excluding carboxylic acids is 1. The van der Waals surface area contributed by atoms with E-state index in [4.69, 9.17) is 0 Å². The van der Waals surface area contributed by atoms with Crippen LogP contribution in [0, 0.1) is 13.8 Å². The molecule has 0 fully saturated rings. The molecule has 1 aromatic carbocycles. The van der Waals surface area contributed by atoms with Gasteiger partial charge in [0, 0.05) is 18.3 Å². The van der Waals surface area contributed by atoms with Crippen molar-refractivity contribution in [1.29, 1.82) is 0 Å². The second-order valence-corrected chi connectivity index (χ2v) is 4.94. The lowest BCUT2D eigenvalue weighted by Crippen LogP contribution is -2.16. The first-order valence-electron chi connectivity index (χ1n) is 7.05. The van der Waals surface area contributed by atoms with Crippen molar-refractivity contribution < 1.29 is 4.79 Å². The van der Waals surface area contributed by atoms with Gasteiger partial charge in [-0.3, -0.25) is 4.79 Å². The maximum atomic E-state index is 12.3. The molecule has 0 bridgehead atoms. The van der Waals surface area contributed by atoms with Crippen molar-refractivity contribution in [3.05, 3.63) is 47.4 Å². The molecule has 2 rings (SSSR count). The average molecular weight is 284 g/mol. The Morgan fingerprint density at radius 2 is 1.90 bits per heavy atom. The van der Waals surface area contributed by atoms with Gasteiger partial charge in [0.25, 0.3) is 5.91 Å². The Morgan fingerprint density at radius 1 is 1.19 bits per heavy atom. The van der Waals surface area contributed by atoms with E-state index in [1.807, 2.05) is 32.0 Å². The smallest absolute Gasteiger partial charge is 0.274 e. The summed E-state index contributed by atoms with van der Waals surface area (Å²) in [6.45, 7) is 6.82. The molecule has 5 heteroatoms. The van der Waals surface area contributed by atoms with Gasteiger partial charge >= 0.3 is 0 Å². The summed E-state index contributed by atoms with van der Waals surface area (Å²) in [5, 5.41) is 6.07. The van der Waals surface area contributed by atoms with E-state index >= 15 is 0 Å². The third-order valence-electron chi connectivity index (χ3n) is 3.18. The standard InChI is InChI=1S/C16H20N4O/c1-4-8-17-14-9-13(18-10-19-14)16(21)20-15-11(2)6-5-7-12(15)3/h5-7,9-10H,4,8H2,1-3H3,(H,20,21)(H,17,18,19). The van der Waals surface area contributed by atoms with Crippen molar-refractivity contribution in [3.63, 3.8) is 0 Å². The molecule has 0 saturated carbocycles. The van der Waals surface area contributed by atoms with E-state index in [0.29, 0.717) is 11.5 Å². The molecule has 0 aliphatic heterocycles. The largest absolute Gasteiger partial charge is 0.370 e. The number of amides is 1. The predicted octanol–water partition coefficient (Wildman–Crippen LogP) is 3.17. The molecule has 2 aromatic rings. The van der Waals surface area contributed by atoms with Gasteiger partial charge in [-0.05, 0) is 31.4 Å². The molecule has 5 nitrogen and oxygen atoms in total. The van der Waals surface area contributed by atoms with Gasteiger partial charge in [0.1, 0.15) is 17.8 Å². The third kappa shape index (κ3) is 3.78. The van der Waals surface area contributed by atoms with Crippen LogP contribution >= 0.6 is 0 Å². The topological polar surface area (TPSA) is 66.9 Å². The van der Waals surface area contributed by atoms with Crippen LogP contribution in [0.2, 0.25) is 0 Å². The summed E-state index contributed by atoms with van der Waals surface area (Å²) < 4.78 is 0. The normalized spacial score (nSPS) is 10.2. The van der Waals surface area contributed by atoms with E-state index < -0.39 is 0 Å². The van der Waals surface area contributed by atoms with Crippen molar-refractivity contribution in [2.75, 3.05) is 17.2 Å². The lowest BCUT2D eigenvalue weighted by Gasteiger charge is -2.11.